The zero-order valence-electron chi connectivity index (χ0n) is 9.52. The molecule has 2 N–H and O–H groups in total. The number of hydrogen-bond donors (Lipinski definition) is 2. The van der Waals surface area contributed by atoms with Gasteiger partial charge in [-0.1, -0.05) is 44.2 Å². The molecule has 0 aliphatic heterocycles. The topological polar surface area (TPSA) is 57.5 Å². The summed E-state index contributed by atoms with van der Waals surface area (Å²) in [5, 5.41) is 18.0. The Hall–Kier alpha value is -1.49. The first kappa shape index (κ1) is 13.6. The molecule has 1 aromatic carbocycles. The van der Waals surface area contributed by atoms with E-state index in [1.165, 1.54) is 24.3 Å². The van der Waals surface area contributed by atoms with Gasteiger partial charge in [-0.15, -0.1) is 0 Å². The van der Waals surface area contributed by atoms with Crippen molar-refractivity contribution >= 4 is 5.97 Å². The van der Waals surface area contributed by atoms with E-state index < -0.39 is 23.4 Å². The van der Waals surface area contributed by atoms with Crippen LogP contribution in [-0.4, -0.2) is 22.3 Å². The highest BCUT2D eigenvalue weighted by atomic mass is 19.3. The molecule has 0 aliphatic carbocycles. The second kappa shape index (κ2) is 4.41. The van der Waals surface area contributed by atoms with Gasteiger partial charge in [-0.2, -0.15) is 0 Å². The van der Waals surface area contributed by atoms with Crippen molar-refractivity contribution in [2.75, 3.05) is 0 Å². The number of aliphatic hydroxyl groups excluding tert-OH is 1. The van der Waals surface area contributed by atoms with Crippen LogP contribution in [-0.2, 0) is 10.7 Å². The highest BCUT2D eigenvalue weighted by molar-refractivity contribution is 5.73. The van der Waals surface area contributed by atoms with Gasteiger partial charge in [-0.05, 0) is 0 Å². The van der Waals surface area contributed by atoms with Crippen LogP contribution in [0.25, 0.3) is 0 Å². The Bertz CT molecular complexity index is 401. The van der Waals surface area contributed by atoms with E-state index in [0.29, 0.717) is 0 Å². The molecule has 3 nitrogen and oxygen atoms in total. The van der Waals surface area contributed by atoms with Crippen LogP contribution in [0.15, 0.2) is 30.3 Å². The average molecular weight is 244 g/mol. The third-order valence-corrected chi connectivity index (χ3v) is 2.86. The molecule has 0 saturated carbocycles. The fraction of sp³-hybridized carbons (Fsp3) is 0.417. The highest BCUT2D eigenvalue weighted by Gasteiger charge is 2.54. The Morgan fingerprint density at radius 3 is 2.12 bits per heavy atom. The van der Waals surface area contributed by atoms with E-state index in [9.17, 15) is 18.7 Å². The summed E-state index contributed by atoms with van der Waals surface area (Å²) in [6.45, 7) is 2.05. The average Bonchev–Trinajstić information content (AvgIpc) is 2.28. The summed E-state index contributed by atoms with van der Waals surface area (Å²) in [4.78, 5) is 10.6. The van der Waals surface area contributed by atoms with Gasteiger partial charge in [0.1, 0.15) is 0 Å². The molecule has 5 heteroatoms. The van der Waals surface area contributed by atoms with Crippen LogP contribution in [0, 0.1) is 5.41 Å². The van der Waals surface area contributed by atoms with Crippen molar-refractivity contribution in [3.05, 3.63) is 35.9 Å². The minimum Gasteiger partial charge on any atom is -0.479 e. The van der Waals surface area contributed by atoms with Crippen LogP contribution in [0.2, 0.25) is 0 Å². The molecule has 94 valence electrons. The number of benzene rings is 1. The molecular formula is C12H14F2O3. The lowest BCUT2D eigenvalue weighted by molar-refractivity contribution is -0.186. The standard InChI is InChI=1S/C12H14F2O3/c1-11(2,9(15)10(16)17)12(13,14)8-6-4-3-5-7-8/h3-7,9,15H,1-2H3,(H,16,17). The molecule has 1 rings (SSSR count). The number of carboxylic acids is 1. The van der Waals surface area contributed by atoms with E-state index in [1.807, 2.05) is 0 Å². The second-order valence-corrected chi connectivity index (χ2v) is 4.40. The normalized spacial score (nSPS) is 14.4. The summed E-state index contributed by atoms with van der Waals surface area (Å²) < 4.78 is 28.2. The minimum atomic E-state index is -3.44. The van der Waals surface area contributed by atoms with E-state index in [2.05, 4.69) is 0 Å². The number of hydrogen-bond acceptors (Lipinski definition) is 2. The minimum absolute atomic E-state index is 0.315. The van der Waals surface area contributed by atoms with E-state index in [4.69, 9.17) is 5.11 Å². The van der Waals surface area contributed by atoms with Crippen LogP contribution < -0.4 is 0 Å². The van der Waals surface area contributed by atoms with Gasteiger partial charge in [0.15, 0.2) is 6.10 Å². The Morgan fingerprint density at radius 1 is 1.24 bits per heavy atom. The summed E-state index contributed by atoms with van der Waals surface area (Å²) in [6.07, 6.45) is -2.14. The van der Waals surface area contributed by atoms with Gasteiger partial charge in [0.2, 0.25) is 0 Å². The van der Waals surface area contributed by atoms with E-state index in [-0.39, 0.29) is 5.56 Å². The first-order valence-electron chi connectivity index (χ1n) is 5.05. The second-order valence-electron chi connectivity index (χ2n) is 4.40. The van der Waals surface area contributed by atoms with Crippen molar-refractivity contribution in [3.63, 3.8) is 0 Å². The zero-order chi connectivity index (χ0) is 13.3. The largest absolute Gasteiger partial charge is 0.479 e. The molecule has 0 spiro atoms. The number of carboxylic acid groups (broad SMARTS) is 1. The Kier molecular flexibility index (Phi) is 3.52. The van der Waals surface area contributed by atoms with Crippen molar-refractivity contribution in [1.82, 2.24) is 0 Å². The molecule has 0 fully saturated rings. The number of halogens is 2. The van der Waals surface area contributed by atoms with Gasteiger partial charge in [-0.25, -0.2) is 13.6 Å². The SMILES string of the molecule is CC(C)(C(O)C(=O)O)C(F)(F)c1ccccc1. The third-order valence-electron chi connectivity index (χ3n) is 2.86. The number of alkyl halides is 2. The summed E-state index contributed by atoms with van der Waals surface area (Å²) in [7, 11) is 0. The van der Waals surface area contributed by atoms with Gasteiger partial charge in [0.25, 0.3) is 5.92 Å². The first-order chi connectivity index (χ1) is 7.71. The summed E-state index contributed by atoms with van der Waals surface area (Å²) >= 11 is 0. The molecule has 1 unspecified atom stereocenters. The van der Waals surface area contributed by atoms with Crippen molar-refractivity contribution < 1.29 is 23.8 Å². The molecule has 0 saturated heterocycles. The van der Waals surface area contributed by atoms with Crippen molar-refractivity contribution in [2.45, 2.75) is 25.9 Å². The molecule has 0 amide bonds. The Labute approximate surface area is 97.7 Å². The smallest absolute Gasteiger partial charge is 0.333 e. The molecule has 1 atom stereocenters. The maximum absolute atomic E-state index is 14.1. The molecule has 0 aromatic heterocycles. The lowest BCUT2D eigenvalue weighted by Crippen LogP contribution is -2.47. The summed E-state index contributed by atoms with van der Waals surface area (Å²) in [6, 6.07) is 6.87. The van der Waals surface area contributed by atoms with Crippen LogP contribution in [0.1, 0.15) is 19.4 Å². The Balaban J connectivity index is 3.17. The third kappa shape index (κ3) is 2.29. The Morgan fingerprint density at radius 2 is 1.71 bits per heavy atom. The van der Waals surface area contributed by atoms with E-state index in [0.717, 1.165) is 13.8 Å². The highest BCUT2D eigenvalue weighted by Crippen LogP contribution is 2.46. The molecule has 0 aliphatic rings. The fourth-order valence-corrected chi connectivity index (χ4v) is 1.50. The zero-order valence-corrected chi connectivity index (χ0v) is 9.52. The van der Waals surface area contributed by atoms with Gasteiger partial charge in [-0.3, -0.25) is 0 Å². The van der Waals surface area contributed by atoms with Crippen LogP contribution in [0.3, 0.4) is 0 Å². The van der Waals surface area contributed by atoms with Crippen LogP contribution in [0.5, 0.6) is 0 Å². The van der Waals surface area contributed by atoms with E-state index >= 15 is 0 Å². The quantitative estimate of drug-likeness (QED) is 0.854. The molecule has 17 heavy (non-hydrogen) atoms. The number of aliphatic hydroxyl groups is 1. The van der Waals surface area contributed by atoms with Gasteiger partial charge in [0.05, 0.1) is 5.41 Å². The molecule has 0 heterocycles. The summed E-state index contributed by atoms with van der Waals surface area (Å²) in [5.41, 5.74) is -2.41. The predicted octanol–water partition coefficient (Wildman–Crippen LogP) is 2.25. The number of rotatable bonds is 4. The predicted molar refractivity (Wildman–Crippen MR) is 57.8 cm³/mol. The maximum Gasteiger partial charge on any atom is 0.333 e. The van der Waals surface area contributed by atoms with Crippen molar-refractivity contribution in [3.8, 4) is 0 Å². The van der Waals surface area contributed by atoms with Crippen LogP contribution >= 0.6 is 0 Å². The molecule has 1 aromatic rings. The molecule has 0 radical (unpaired) electrons. The monoisotopic (exact) mass is 244 g/mol. The molecule has 0 bridgehead atoms. The van der Waals surface area contributed by atoms with Crippen molar-refractivity contribution in [1.29, 1.82) is 0 Å². The van der Waals surface area contributed by atoms with Crippen molar-refractivity contribution in [2.24, 2.45) is 5.41 Å². The maximum atomic E-state index is 14.1. The number of carbonyl (C=O) groups is 1. The lowest BCUT2D eigenvalue weighted by Gasteiger charge is -2.36. The van der Waals surface area contributed by atoms with Gasteiger partial charge in [0, 0.05) is 5.56 Å². The fourth-order valence-electron chi connectivity index (χ4n) is 1.50. The van der Waals surface area contributed by atoms with Gasteiger partial charge >= 0.3 is 5.97 Å². The van der Waals surface area contributed by atoms with Crippen LogP contribution in [0.4, 0.5) is 8.78 Å². The lowest BCUT2D eigenvalue weighted by atomic mass is 9.77. The summed E-state index contributed by atoms with van der Waals surface area (Å²) in [5.74, 6) is -5.10. The van der Waals surface area contributed by atoms with E-state index in [1.54, 1.807) is 6.07 Å². The van der Waals surface area contributed by atoms with Gasteiger partial charge < -0.3 is 10.2 Å². The number of aliphatic carboxylic acids is 1. The molecular weight excluding hydrogens is 230 g/mol. The first-order valence-corrected chi connectivity index (χ1v) is 5.05.